The number of hydrogen-bond acceptors (Lipinski definition) is 2. The first-order valence-corrected chi connectivity index (χ1v) is 8.26. The van der Waals surface area contributed by atoms with Gasteiger partial charge < -0.3 is 5.01 Å². The fraction of sp³-hybridized carbons (Fsp3) is 0.238. The summed E-state index contributed by atoms with van der Waals surface area (Å²) in [4.78, 5) is 0. The van der Waals surface area contributed by atoms with E-state index in [1.54, 1.807) is 0 Å². The normalized spacial score (nSPS) is 26.0. The van der Waals surface area contributed by atoms with Crippen molar-refractivity contribution in [2.75, 3.05) is 5.01 Å². The topological polar surface area (TPSA) is 29.3 Å². The van der Waals surface area contributed by atoms with Gasteiger partial charge in [-0.15, -0.1) is 0 Å². The second-order valence-electron chi connectivity index (χ2n) is 7.29. The number of rotatable bonds is 0. The van der Waals surface area contributed by atoms with E-state index in [1.165, 1.54) is 27.8 Å². The lowest BCUT2D eigenvalue weighted by Crippen LogP contribution is -2.41. The van der Waals surface area contributed by atoms with Crippen LogP contribution in [0, 0.1) is 0 Å². The third-order valence-corrected chi connectivity index (χ3v) is 5.83. The van der Waals surface area contributed by atoms with Gasteiger partial charge in [-0.1, -0.05) is 68.5 Å². The van der Waals surface area contributed by atoms with Crippen LogP contribution in [0.1, 0.15) is 36.5 Å². The quantitative estimate of drug-likeness (QED) is 0.741. The van der Waals surface area contributed by atoms with E-state index in [-0.39, 0.29) is 11.5 Å². The molecule has 0 radical (unpaired) electrons. The number of anilines is 1. The highest BCUT2D eigenvalue weighted by Crippen LogP contribution is 2.56. The maximum Gasteiger partial charge on any atom is 0.0814 e. The van der Waals surface area contributed by atoms with E-state index < -0.39 is 0 Å². The third-order valence-electron chi connectivity index (χ3n) is 5.83. The molecule has 3 aliphatic rings. The third kappa shape index (κ3) is 1.47. The summed E-state index contributed by atoms with van der Waals surface area (Å²) in [5, 5.41) is 1.98. The van der Waals surface area contributed by atoms with Gasteiger partial charge in [0, 0.05) is 11.3 Å². The van der Waals surface area contributed by atoms with Crippen LogP contribution in [0.4, 0.5) is 5.69 Å². The van der Waals surface area contributed by atoms with E-state index in [0.29, 0.717) is 5.92 Å². The predicted molar refractivity (Wildman–Crippen MR) is 95.2 cm³/mol. The van der Waals surface area contributed by atoms with Crippen LogP contribution in [-0.2, 0) is 5.41 Å². The summed E-state index contributed by atoms with van der Waals surface area (Å²) in [5.74, 6) is 6.91. The van der Waals surface area contributed by atoms with Crippen molar-refractivity contribution in [3.05, 3.63) is 82.9 Å². The van der Waals surface area contributed by atoms with Gasteiger partial charge in [-0.2, -0.15) is 0 Å². The summed E-state index contributed by atoms with van der Waals surface area (Å²) in [6, 6.07) is 17.5. The molecule has 2 nitrogen and oxygen atoms in total. The molecule has 2 N–H and O–H groups in total. The molecule has 2 atom stereocenters. The second-order valence-corrected chi connectivity index (χ2v) is 7.29. The number of hydrazine groups is 1. The van der Waals surface area contributed by atoms with Crippen LogP contribution in [-0.4, -0.2) is 6.04 Å². The first-order valence-electron chi connectivity index (χ1n) is 8.26. The van der Waals surface area contributed by atoms with E-state index in [4.69, 9.17) is 5.84 Å². The molecule has 0 fully saturated rings. The monoisotopic (exact) mass is 300 g/mol. The summed E-state index contributed by atoms with van der Waals surface area (Å²) in [6.45, 7) is 4.64. The van der Waals surface area contributed by atoms with Crippen molar-refractivity contribution < 1.29 is 0 Å². The van der Waals surface area contributed by atoms with Gasteiger partial charge in [0.25, 0.3) is 0 Å². The molecular formula is C21H20N2. The smallest absolute Gasteiger partial charge is 0.0814 e. The van der Waals surface area contributed by atoms with Gasteiger partial charge in [0.1, 0.15) is 0 Å². The number of hydrogen-bond donors (Lipinski definition) is 1. The molecule has 0 saturated carbocycles. The Hall–Kier alpha value is -2.32. The molecule has 5 rings (SSSR count). The minimum Gasteiger partial charge on any atom is -0.302 e. The van der Waals surface area contributed by atoms with Crippen molar-refractivity contribution >= 4 is 11.3 Å². The maximum atomic E-state index is 6.57. The molecule has 2 heteroatoms. The van der Waals surface area contributed by atoms with E-state index in [2.05, 4.69) is 74.5 Å². The standard InChI is InChI=1S/C21H20N2/c1-21(2)16-9-5-3-8-15(16)19-17(21)12-11-14-13-7-4-6-10-18(13)23(22)20(14)19/h3-12,14,20H,22H2,1-2H3. The SMILES string of the molecule is CC1(C)C2=C(c3ccccc31)C1C(C=C2)c2ccccc2N1N. The van der Waals surface area contributed by atoms with Crippen molar-refractivity contribution in [3.8, 4) is 0 Å². The Morgan fingerprint density at radius 1 is 1.00 bits per heavy atom. The lowest BCUT2D eigenvalue weighted by atomic mass is 9.77. The highest BCUT2D eigenvalue weighted by molar-refractivity contribution is 5.90. The zero-order valence-corrected chi connectivity index (χ0v) is 13.5. The van der Waals surface area contributed by atoms with E-state index in [9.17, 15) is 0 Å². The fourth-order valence-corrected chi connectivity index (χ4v) is 4.73. The van der Waals surface area contributed by atoms with Gasteiger partial charge in [-0.25, -0.2) is 5.84 Å². The first kappa shape index (κ1) is 13.1. The summed E-state index contributed by atoms with van der Waals surface area (Å²) in [5.41, 5.74) is 8.16. The van der Waals surface area contributed by atoms with E-state index >= 15 is 0 Å². The summed E-state index contributed by atoms with van der Waals surface area (Å²) in [7, 11) is 0. The molecule has 0 saturated heterocycles. The zero-order chi connectivity index (χ0) is 15.8. The van der Waals surface area contributed by atoms with Crippen LogP contribution >= 0.6 is 0 Å². The van der Waals surface area contributed by atoms with Crippen molar-refractivity contribution in [1.82, 2.24) is 0 Å². The molecule has 23 heavy (non-hydrogen) atoms. The Bertz CT molecular complexity index is 888. The highest BCUT2D eigenvalue weighted by atomic mass is 15.4. The minimum atomic E-state index is 0.0447. The van der Waals surface area contributed by atoms with Crippen molar-refractivity contribution in [3.63, 3.8) is 0 Å². The number of benzene rings is 2. The Labute approximate surface area is 136 Å². The van der Waals surface area contributed by atoms with Crippen LogP contribution in [0.2, 0.25) is 0 Å². The Kier molecular flexibility index (Phi) is 2.37. The summed E-state index contributed by atoms with van der Waals surface area (Å²) >= 11 is 0. The van der Waals surface area contributed by atoms with Crippen molar-refractivity contribution in [2.45, 2.75) is 31.2 Å². The molecule has 2 aromatic rings. The van der Waals surface area contributed by atoms with Crippen LogP contribution in [0.25, 0.3) is 5.57 Å². The predicted octanol–water partition coefficient (Wildman–Crippen LogP) is 4.15. The Morgan fingerprint density at radius 3 is 2.61 bits per heavy atom. The average molecular weight is 300 g/mol. The second kappa shape index (κ2) is 4.15. The number of nitrogens with zero attached hydrogens (tertiary/aromatic N) is 1. The Morgan fingerprint density at radius 2 is 1.74 bits per heavy atom. The van der Waals surface area contributed by atoms with Gasteiger partial charge >= 0.3 is 0 Å². The minimum absolute atomic E-state index is 0.0447. The molecule has 114 valence electrons. The van der Waals surface area contributed by atoms with Gasteiger partial charge in [0.2, 0.25) is 0 Å². The fourth-order valence-electron chi connectivity index (χ4n) is 4.73. The Balaban J connectivity index is 1.77. The zero-order valence-electron chi connectivity index (χ0n) is 13.5. The molecule has 2 aliphatic carbocycles. The molecule has 0 amide bonds. The molecule has 2 aromatic carbocycles. The number of fused-ring (bicyclic) bond motifs is 6. The summed E-state index contributed by atoms with van der Waals surface area (Å²) in [6.07, 6.45) is 4.69. The first-order chi connectivity index (χ1) is 11.1. The van der Waals surface area contributed by atoms with Crippen LogP contribution in [0.15, 0.2) is 66.3 Å². The van der Waals surface area contributed by atoms with Crippen LogP contribution < -0.4 is 10.9 Å². The van der Waals surface area contributed by atoms with Gasteiger partial charge in [-0.05, 0) is 33.9 Å². The number of nitrogens with two attached hydrogens (primary N) is 1. The van der Waals surface area contributed by atoms with Gasteiger partial charge in [0.15, 0.2) is 0 Å². The average Bonchev–Trinajstić information content (AvgIpc) is 2.99. The lowest BCUT2D eigenvalue weighted by molar-refractivity contribution is 0.639. The highest BCUT2D eigenvalue weighted by Gasteiger charge is 2.47. The number of para-hydroxylation sites is 1. The molecule has 0 aromatic heterocycles. The number of allylic oxidation sites excluding steroid dienone is 2. The van der Waals surface area contributed by atoms with Crippen molar-refractivity contribution in [2.24, 2.45) is 5.84 Å². The maximum absolute atomic E-state index is 6.57. The molecule has 0 bridgehead atoms. The van der Waals surface area contributed by atoms with E-state index in [1.807, 2.05) is 5.01 Å². The van der Waals surface area contributed by atoms with E-state index in [0.717, 1.165) is 5.69 Å². The summed E-state index contributed by atoms with van der Waals surface area (Å²) < 4.78 is 0. The van der Waals surface area contributed by atoms with Crippen molar-refractivity contribution in [1.29, 1.82) is 0 Å². The largest absolute Gasteiger partial charge is 0.302 e. The molecule has 0 spiro atoms. The molecular weight excluding hydrogens is 280 g/mol. The van der Waals surface area contributed by atoms with Crippen LogP contribution in [0.5, 0.6) is 0 Å². The van der Waals surface area contributed by atoms with Crippen LogP contribution in [0.3, 0.4) is 0 Å². The molecule has 1 aliphatic heterocycles. The molecule has 2 unspecified atom stereocenters. The lowest BCUT2D eigenvalue weighted by Gasteiger charge is -2.32. The molecule has 1 heterocycles. The van der Waals surface area contributed by atoms with Gasteiger partial charge in [0.05, 0.1) is 11.7 Å². The van der Waals surface area contributed by atoms with Gasteiger partial charge in [-0.3, -0.25) is 0 Å².